The molecule has 1 unspecified atom stereocenters. The standard InChI is InChI=1S/C11H17BrN4O/c1-7(2)3-8(4-13)11(17)16-10-6-14-9(12)5-15-10/h5-8H,3-4,13H2,1-2H3,(H,15,16,17). The maximum atomic E-state index is 11.9. The van der Waals surface area contributed by atoms with Crippen LogP contribution in [-0.4, -0.2) is 22.4 Å². The largest absolute Gasteiger partial charge is 0.330 e. The van der Waals surface area contributed by atoms with Crippen LogP contribution in [0.5, 0.6) is 0 Å². The molecule has 1 atom stereocenters. The molecule has 94 valence electrons. The van der Waals surface area contributed by atoms with Crippen LogP contribution in [0.1, 0.15) is 20.3 Å². The number of anilines is 1. The summed E-state index contributed by atoms with van der Waals surface area (Å²) in [6.07, 6.45) is 3.81. The summed E-state index contributed by atoms with van der Waals surface area (Å²) in [5, 5.41) is 2.71. The van der Waals surface area contributed by atoms with Crippen molar-refractivity contribution in [1.29, 1.82) is 0 Å². The van der Waals surface area contributed by atoms with Gasteiger partial charge in [0, 0.05) is 6.54 Å². The summed E-state index contributed by atoms with van der Waals surface area (Å²) in [4.78, 5) is 19.9. The number of nitrogens with one attached hydrogen (secondary N) is 1. The Balaban J connectivity index is 2.60. The van der Waals surface area contributed by atoms with E-state index < -0.39 is 0 Å². The first kappa shape index (κ1) is 14.1. The second kappa shape index (κ2) is 6.66. The molecule has 0 bridgehead atoms. The molecule has 6 heteroatoms. The van der Waals surface area contributed by atoms with E-state index in [2.05, 4.69) is 45.1 Å². The second-order valence-corrected chi connectivity index (χ2v) is 5.09. The van der Waals surface area contributed by atoms with Crippen molar-refractivity contribution in [3.63, 3.8) is 0 Å². The SMILES string of the molecule is CC(C)CC(CN)C(=O)Nc1cnc(Br)cn1. The zero-order chi connectivity index (χ0) is 12.8. The summed E-state index contributed by atoms with van der Waals surface area (Å²) in [6, 6.07) is 0. The van der Waals surface area contributed by atoms with Gasteiger partial charge in [-0.15, -0.1) is 0 Å². The van der Waals surface area contributed by atoms with Gasteiger partial charge in [0.2, 0.25) is 5.91 Å². The zero-order valence-corrected chi connectivity index (χ0v) is 11.6. The lowest BCUT2D eigenvalue weighted by Gasteiger charge is -2.16. The Morgan fingerprint density at radius 2 is 2.18 bits per heavy atom. The van der Waals surface area contributed by atoms with Gasteiger partial charge in [-0.3, -0.25) is 4.79 Å². The van der Waals surface area contributed by atoms with Gasteiger partial charge in [-0.05, 0) is 28.3 Å². The smallest absolute Gasteiger partial charge is 0.229 e. The van der Waals surface area contributed by atoms with Gasteiger partial charge in [0.1, 0.15) is 4.60 Å². The Morgan fingerprint density at radius 1 is 1.47 bits per heavy atom. The molecule has 1 amide bonds. The van der Waals surface area contributed by atoms with Crippen molar-refractivity contribution in [3.8, 4) is 0 Å². The molecule has 0 fully saturated rings. The summed E-state index contributed by atoms with van der Waals surface area (Å²) in [5.41, 5.74) is 5.60. The summed E-state index contributed by atoms with van der Waals surface area (Å²) in [5.74, 6) is 0.601. The molecule has 1 aromatic heterocycles. The van der Waals surface area contributed by atoms with Crippen LogP contribution in [0, 0.1) is 11.8 Å². The molecule has 1 heterocycles. The van der Waals surface area contributed by atoms with E-state index >= 15 is 0 Å². The maximum absolute atomic E-state index is 11.9. The molecule has 0 radical (unpaired) electrons. The van der Waals surface area contributed by atoms with Crippen LogP contribution in [0.3, 0.4) is 0 Å². The van der Waals surface area contributed by atoms with Gasteiger partial charge < -0.3 is 11.1 Å². The number of hydrogen-bond donors (Lipinski definition) is 2. The number of rotatable bonds is 5. The Kier molecular flexibility index (Phi) is 5.50. The predicted molar refractivity (Wildman–Crippen MR) is 70.4 cm³/mol. The summed E-state index contributed by atoms with van der Waals surface area (Å²) >= 11 is 3.18. The first-order valence-corrected chi connectivity index (χ1v) is 6.30. The number of aromatic nitrogens is 2. The molecule has 5 nitrogen and oxygen atoms in total. The lowest BCUT2D eigenvalue weighted by molar-refractivity contribution is -0.120. The van der Waals surface area contributed by atoms with E-state index in [1.807, 2.05) is 0 Å². The third-order valence-electron chi connectivity index (χ3n) is 2.28. The molecule has 0 aromatic carbocycles. The number of carbonyl (C=O) groups excluding carboxylic acids is 1. The quantitative estimate of drug-likeness (QED) is 0.869. The van der Waals surface area contributed by atoms with Crippen LogP contribution in [-0.2, 0) is 4.79 Å². The third-order valence-corrected chi connectivity index (χ3v) is 2.69. The zero-order valence-electron chi connectivity index (χ0n) is 9.98. The van der Waals surface area contributed by atoms with Crippen molar-refractivity contribution < 1.29 is 4.79 Å². The lowest BCUT2D eigenvalue weighted by atomic mass is 9.96. The predicted octanol–water partition coefficient (Wildman–Crippen LogP) is 1.80. The molecule has 1 aromatic rings. The highest BCUT2D eigenvalue weighted by Gasteiger charge is 2.18. The van der Waals surface area contributed by atoms with Gasteiger partial charge in [-0.2, -0.15) is 0 Å². The highest BCUT2D eigenvalue weighted by Crippen LogP contribution is 2.13. The number of carbonyl (C=O) groups is 1. The van der Waals surface area contributed by atoms with Gasteiger partial charge in [0.05, 0.1) is 18.3 Å². The Bertz CT molecular complexity index is 366. The second-order valence-electron chi connectivity index (χ2n) is 4.28. The van der Waals surface area contributed by atoms with Crippen LogP contribution >= 0.6 is 15.9 Å². The monoisotopic (exact) mass is 300 g/mol. The van der Waals surface area contributed by atoms with E-state index in [0.717, 1.165) is 6.42 Å². The summed E-state index contributed by atoms with van der Waals surface area (Å²) in [6.45, 7) is 4.47. The van der Waals surface area contributed by atoms with Crippen molar-refractivity contribution >= 4 is 27.7 Å². The molecule has 0 aliphatic heterocycles. The third kappa shape index (κ3) is 4.79. The lowest BCUT2D eigenvalue weighted by Crippen LogP contribution is -2.30. The van der Waals surface area contributed by atoms with Crippen molar-refractivity contribution in [2.45, 2.75) is 20.3 Å². The Hall–Kier alpha value is -1.01. The molecule has 0 saturated heterocycles. The fourth-order valence-electron chi connectivity index (χ4n) is 1.48. The molecular weight excluding hydrogens is 284 g/mol. The molecule has 0 saturated carbocycles. The van der Waals surface area contributed by atoms with Crippen molar-refractivity contribution in [2.24, 2.45) is 17.6 Å². The average molecular weight is 301 g/mol. The number of halogens is 1. The molecule has 17 heavy (non-hydrogen) atoms. The molecule has 1 rings (SSSR count). The van der Waals surface area contributed by atoms with Crippen LogP contribution in [0.2, 0.25) is 0 Å². The van der Waals surface area contributed by atoms with Crippen LogP contribution in [0.4, 0.5) is 5.82 Å². The van der Waals surface area contributed by atoms with Crippen LogP contribution in [0.25, 0.3) is 0 Å². The van der Waals surface area contributed by atoms with Gasteiger partial charge in [-0.25, -0.2) is 9.97 Å². The Morgan fingerprint density at radius 3 is 2.65 bits per heavy atom. The minimum Gasteiger partial charge on any atom is -0.330 e. The number of nitrogens with two attached hydrogens (primary N) is 1. The van der Waals surface area contributed by atoms with E-state index in [1.165, 1.54) is 12.4 Å². The minimum atomic E-state index is -0.180. The molecular formula is C11H17BrN4O. The first-order chi connectivity index (χ1) is 8.02. The van der Waals surface area contributed by atoms with E-state index in [4.69, 9.17) is 5.73 Å². The first-order valence-electron chi connectivity index (χ1n) is 5.51. The van der Waals surface area contributed by atoms with Gasteiger partial charge >= 0.3 is 0 Å². The van der Waals surface area contributed by atoms with Gasteiger partial charge in [-0.1, -0.05) is 13.8 Å². The molecule has 0 aliphatic rings. The van der Waals surface area contributed by atoms with Crippen molar-refractivity contribution in [1.82, 2.24) is 9.97 Å². The maximum Gasteiger partial charge on any atom is 0.229 e. The van der Waals surface area contributed by atoms with E-state index in [0.29, 0.717) is 22.9 Å². The topological polar surface area (TPSA) is 80.9 Å². The van der Waals surface area contributed by atoms with Crippen molar-refractivity contribution in [3.05, 3.63) is 17.0 Å². The van der Waals surface area contributed by atoms with Crippen LogP contribution < -0.4 is 11.1 Å². The highest BCUT2D eigenvalue weighted by molar-refractivity contribution is 9.10. The highest BCUT2D eigenvalue weighted by atomic mass is 79.9. The molecule has 3 N–H and O–H groups in total. The van der Waals surface area contributed by atoms with E-state index in [9.17, 15) is 4.79 Å². The number of nitrogens with zero attached hydrogens (tertiary/aromatic N) is 2. The van der Waals surface area contributed by atoms with Crippen LogP contribution in [0.15, 0.2) is 17.0 Å². The van der Waals surface area contributed by atoms with Gasteiger partial charge in [0.15, 0.2) is 5.82 Å². The van der Waals surface area contributed by atoms with E-state index in [-0.39, 0.29) is 11.8 Å². The summed E-state index contributed by atoms with van der Waals surface area (Å²) < 4.78 is 0.632. The van der Waals surface area contributed by atoms with E-state index in [1.54, 1.807) is 0 Å². The number of hydrogen-bond acceptors (Lipinski definition) is 4. The number of amides is 1. The minimum absolute atomic E-state index is 0.0992. The summed E-state index contributed by atoms with van der Waals surface area (Å²) in [7, 11) is 0. The average Bonchev–Trinajstić information content (AvgIpc) is 2.28. The normalized spacial score (nSPS) is 12.5. The fraction of sp³-hybridized carbons (Fsp3) is 0.545. The van der Waals surface area contributed by atoms with Crippen molar-refractivity contribution in [2.75, 3.05) is 11.9 Å². The molecule has 0 spiro atoms. The fourth-order valence-corrected chi connectivity index (χ4v) is 1.69. The molecule has 0 aliphatic carbocycles. The van der Waals surface area contributed by atoms with Gasteiger partial charge in [0.25, 0.3) is 0 Å². The Labute approximate surface area is 109 Å².